The molecule has 0 saturated heterocycles. The summed E-state index contributed by atoms with van der Waals surface area (Å²) in [6.07, 6.45) is 0. The molecule has 0 spiro atoms. The molecule has 3 aromatic rings. The van der Waals surface area contributed by atoms with Gasteiger partial charge >= 0.3 is 5.97 Å². The van der Waals surface area contributed by atoms with Gasteiger partial charge in [-0.15, -0.1) is 0 Å². The zero-order valence-corrected chi connectivity index (χ0v) is 15.3. The van der Waals surface area contributed by atoms with Crippen LogP contribution in [0.4, 0.5) is 0 Å². The zero-order chi connectivity index (χ0) is 18.8. The lowest BCUT2D eigenvalue weighted by molar-refractivity contribution is -0.131. The number of carbonyl (C=O) groups is 2. The largest absolute Gasteiger partial charge is 0.494 e. The molecular formula is C21H21NO4. The smallest absolute Gasteiger partial charge is 0.308 e. The Morgan fingerprint density at radius 1 is 1.00 bits per heavy atom. The Kier molecular flexibility index (Phi) is 4.80. The number of nitrogens with zero attached hydrogens (tertiary/aromatic N) is 1. The van der Waals surface area contributed by atoms with Crippen molar-refractivity contribution in [3.05, 3.63) is 53.7 Å². The van der Waals surface area contributed by atoms with Gasteiger partial charge in [0, 0.05) is 29.3 Å². The summed E-state index contributed by atoms with van der Waals surface area (Å²) in [6.45, 7) is 7.36. The molecule has 2 aromatic carbocycles. The number of rotatable bonds is 5. The first-order chi connectivity index (χ1) is 12.4. The molecule has 1 aromatic heterocycles. The van der Waals surface area contributed by atoms with Gasteiger partial charge in [0.1, 0.15) is 11.5 Å². The van der Waals surface area contributed by atoms with E-state index in [0.29, 0.717) is 17.9 Å². The van der Waals surface area contributed by atoms with Crippen molar-refractivity contribution in [3.8, 4) is 17.2 Å². The van der Waals surface area contributed by atoms with Crippen molar-refractivity contribution < 1.29 is 19.1 Å². The summed E-state index contributed by atoms with van der Waals surface area (Å²) in [7, 11) is 0. The number of aromatic nitrogens is 1. The first-order valence-corrected chi connectivity index (χ1v) is 8.50. The summed E-state index contributed by atoms with van der Waals surface area (Å²) in [5.74, 6) is 0.805. The maximum absolute atomic E-state index is 12.3. The van der Waals surface area contributed by atoms with Crippen LogP contribution in [0, 0.1) is 6.92 Å². The molecule has 1 heterocycles. The molecule has 0 N–H and O–H groups in total. The predicted octanol–water partition coefficient (Wildman–Crippen LogP) is 4.47. The number of esters is 1. The van der Waals surface area contributed by atoms with Crippen molar-refractivity contribution in [1.29, 1.82) is 0 Å². The van der Waals surface area contributed by atoms with E-state index in [-0.39, 0.29) is 5.78 Å². The van der Waals surface area contributed by atoms with E-state index < -0.39 is 5.97 Å². The van der Waals surface area contributed by atoms with Gasteiger partial charge in [-0.2, -0.15) is 0 Å². The summed E-state index contributed by atoms with van der Waals surface area (Å²) >= 11 is 0. The number of hydrogen-bond acceptors (Lipinski definition) is 4. The summed E-state index contributed by atoms with van der Waals surface area (Å²) in [6, 6.07) is 13.1. The highest BCUT2D eigenvalue weighted by Gasteiger charge is 2.19. The highest BCUT2D eigenvalue weighted by Crippen LogP contribution is 2.32. The van der Waals surface area contributed by atoms with Gasteiger partial charge in [0.25, 0.3) is 0 Å². The number of hydrogen-bond donors (Lipinski definition) is 0. The van der Waals surface area contributed by atoms with Crippen LogP contribution in [-0.2, 0) is 4.79 Å². The number of fused-ring (bicyclic) bond motifs is 1. The molecule has 0 aliphatic heterocycles. The fourth-order valence-electron chi connectivity index (χ4n) is 3.26. The third-order valence-corrected chi connectivity index (χ3v) is 4.20. The molecule has 26 heavy (non-hydrogen) atoms. The molecule has 3 rings (SSSR count). The van der Waals surface area contributed by atoms with Crippen LogP contribution in [0.15, 0.2) is 42.5 Å². The number of ether oxygens (including phenoxy) is 2. The predicted molar refractivity (Wildman–Crippen MR) is 100 cm³/mol. The van der Waals surface area contributed by atoms with E-state index in [1.54, 1.807) is 19.1 Å². The van der Waals surface area contributed by atoms with Crippen molar-refractivity contribution in [3.63, 3.8) is 0 Å². The van der Waals surface area contributed by atoms with Crippen molar-refractivity contribution in [2.45, 2.75) is 27.7 Å². The highest BCUT2D eigenvalue weighted by molar-refractivity contribution is 6.09. The fraction of sp³-hybridized carbons (Fsp3) is 0.238. The minimum atomic E-state index is -0.392. The lowest BCUT2D eigenvalue weighted by atomic mass is 10.1. The summed E-state index contributed by atoms with van der Waals surface area (Å²) in [5.41, 5.74) is 3.29. The van der Waals surface area contributed by atoms with Crippen LogP contribution in [0.1, 0.15) is 36.8 Å². The van der Waals surface area contributed by atoms with E-state index in [1.807, 2.05) is 48.7 Å². The minimum absolute atomic E-state index is 0.0304. The normalized spacial score (nSPS) is 10.8. The molecule has 5 nitrogen and oxygen atoms in total. The second-order valence-electron chi connectivity index (χ2n) is 6.05. The minimum Gasteiger partial charge on any atom is -0.494 e. The Hall–Kier alpha value is -3.08. The summed E-state index contributed by atoms with van der Waals surface area (Å²) in [4.78, 5) is 23.5. The maximum Gasteiger partial charge on any atom is 0.308 e. The van der Waals surface area contributed by atoms with Crippen LogP contribution in [0.5, 0.6) is 11.5 Å². The third-order valence-electron chi connectivity index (χ3n) is 4.20. The Balaban J connectivity index is 2.20. The van der Waals surface area contributed by atoms with Gasteiger partial charge in [0.15, 0.2) is 5.78 Å². The standard InChI is InChI=1S/C21H21NO4/c1-5-25-17-8-6-16(7-9-17)22-13(2)21(14(3)23)19-12-18(26-15(4)24)10-11-20(19)22/h6-12H,5H2,1-4H3. The highest BCUT2D eigenvalue weighted by atomic mass is 16.5. The topological polar surface area (TPSA) is 57.5 Å². The Bertz CT molecular complexity index is 983. The molecular weight excluding hydrogens is 330 g/mol. The van der Waals surface area contributed by atoms with Crippen molar-refractivity contribution in [2.24, 2.45) is 0 Å². The van der Waals surface area contributed by atoms with Gasteiger partial charge in [-0.1, -0.05) is 0 Å². The van der Waals surface area contributed by atoms with Gasteiger partial charge in [-0.25, -0.2) is 0 Å². The zero-order valence-electron chi connectivity index (χ0n) is 15.3. The van der Waals surface area contributed by atoms with Crippen LogP contribution in [0.25, 0.3) is 16.6 Å². The number of Topliss-reactive ketones (excluding diaryl/α,β-unsaturated/α-hetero) is 1. The molecule has 0 atom stereocenters. The van der Waals surface area contributed by atoms with E-state index in [1.165, 1.54) is 6.92 Å². The number of ketones is 1. The molecule has 0 radical (unpaired) electrons. The van der Waals surface area contributed by atoms with Gasteiger partial charge in [0.2, 0.25) is 0 Å². The molecule has 0 saturated carbocycles. The molecule has 0 aliphatic rings. The number of carbonyl (C=O) groups excluding carboxylic acids is 2. The van der Waals surface area contributed by atoms with Crippen LogP contribution in [-0.4, -0.2) is 22.9 Å². The van der Waals surface area contributed by atoms with E-state index in [2.05, 4.69) is 0 Å². The van der Waals surface area contributed by atoms with Crippen LogP contribution < -0.4 is 9.47 Å². The van der Waals surface area contributed by atoms with Crippen LogP contribution in [0.3, 0.4) is 0 Å². The average molecular weight is 351 g/mol. The molecule has 134 valence electrons. The molecule has 0 amide bonds. The van der Waals surface area contributed by atoms with E-state index >= 15 is 0 Å². The van der Waals surface area contributed by atoms with Gasteiger partial charge in [0.05, 0.1) is 12.1 Å². The SMILES string of the molecule is CCOc1ccc(-n2c(C)c(C(C)=O)c3cc(OC(C)=O)ccc32)cc1. The van der Waals surface area contributed by atoms with Crippen molar-refractivity contribution in [2.75, 3.05) is 6.61 Å². The summed E-state index contributed by atoms with van der Waals surface area (Å²) in [5, 5.41) is 0.766. The molecule has 0 aliphatic carbocycles. The van der Waals surface area contributed by atoms with E-state index in [9.17, 15) is 9.59 Å². The van der Waals surface area contributed by atoms with E-state index in [4.69, 9.17) is 9.47 Å². The fourth-order valence-corrected chi connectivity index (χ4v) is 3.26. The monoisotopic (exact) mass is 351 g/mol. The van der Waals surface area contributed by atoms with E-state index in [0.717, 1.165) is 28.0 Å². The third kappa shape index (κ3) is 3.20. The number of benzene rings is 2. The molecule has 0 unspecified atom stereocenters. The Morgan fingerprint density at radius 3 is 2.23 bits per heavy atom. The lowest BCUT2D eigenvalue weighted by Crippen LogP contribution is -2.01. The summed E-state index contributed by atoms with van der Waals surface area (Å²) < 4.78 is 12.7. The second kappa shape index (κ2) is 7.04. The van der Waals surface area contributed by atoms with Gasteiger partial charge in [-0.05, 0) is 63.2 Å². The first kappa shape index (κ1) is 17.7. The average Bonchev–Trinajstić information content (AvgIpc) is 2.87. The molecule has 5 heteroatoms. The van der Waals surface area contributed by atoms with Crippen LogP contribution in [0.2, 0.25) is 0 Å². The first-order valence-electron chi connectivity index (χ1n) is 8.50. The van der Waals surface area contributed by atoms with Gasteiger partial charge < -0.3 is 14.0 Å². The molecule has 0 fully saturated rings. The van der Waals surface area contributed by atoms with Gasteiger partial charge in [-0.3, -0.25) is 9.59 Å². The van der Waals surface area contributed by atoms with Crippen molar-refractivity contribution in [1.82, 2.24) is 4.57 Å². The second-order valence-corrected chi connectivity index (χ2v) is 6.05. The Morgan fingerprint density at radius 2 is 1.65 bits per heavy atom. The maximum atomic E-state index is 12.3. The Labute approximate surface area is 152 Å². The lowest BCUT2D eigenvalue weighted by Gasteiger charge is -2.10. The van der Waals surface area contributed by atoms with Crippen molar-refractivity contribution >= 4 is 22.7 Å². The molecule has 0 bridgehead atoms. The quantitative estimate of drug-likeness (QED) is 0.387. The van der Waals surface area contributed by atoms with Crippen LogP contribution >= 0.6 is 0 Å².